The topological polar surface area (TPSA) is 66.6 Å². The first-order valence-electron chi connectivity index (χ1n) is 13.1. The summed E-state index contributed by atoms with van der Waals surface area (Å²) in [7, 11) is 1.67. The Labute approximate surface area is 228 Å². The van der Waals surface area contributed by atoms with E-state index in [0.29, 0.717) is 0 Å². The van der Waals surface area contributed by atoms with Crippen molar-refractivity contribution in [2.45, 2.75) is 20.3 Å². The minimum absolute atomic E-state index is 0.834. The fourth-order valence-electron chi connectivity index (χ4n) is 4.90. The molecular weight excluding hydrogens is 480 g/mol. The molecule has 0 amide bonds. The first-order valence-corrected chi connectivity index (χ1v) is 13.1. The number of H-pyrrole nitrogens is 2. The highest BCUT2D eigenvalue weighted by atomic mass is 16.5. The van der Waals surface area contributed by atoms with Crippen LogP contribution in [0.1, 0.15) is 22.5 Å². The second-order valence-corrected chi connectivity index (χ2v) is 9.78. The third-order valence-corrected chi connectivity index (χ3v) is 7.04. The zero-order valence-electron chi connectivity index (χ0n) is 22.3. The van der Waals surface area contributed by atoms with Crippen molar-refractivity contribution in [2.75, 3.05) is 7.11 Å². The first kappa shape index (κ1) is 24.4. The molecule has 6 aromatic rings. The van der Waals surface area contributed by atoms with Crippen LogP contribution in [0.3, 0.4) is 0 Å². The van der Waals surface area contributed by atoms with E-state index in [2.05, 4.69) is 84.5 Å². The molecule has 0 aliphatic carbocycles. The minimum Gasteiger partial charge on any atom is -0.497 e. The largest absolute Gasteiger partial charge is 0.497 e. The maximum atomic E-state index is 5.27. The van der Waals surface area contributed by atoms with Gasteiger partial charge in [0.1, 0.15) is 17.4 Å². The van der Waals surface area contributed by atoms with Crippen molar-refractivity contribution in [1.29, 1.82) is 0 Å². The average molecular weight is 511 g/mol. The zero-order valence-corrected chi connectivity index (χ0v) is 22.3. The van der Waals surface area contributed by atoms with E-state index in [0.717, 1.165) is 68.8 Å². The molecule has 0 spiro atoms. The van der Waals surface area contributed by atoms with Gasteiger partial charge in [-0.05, 0) is 55.7 Å². The van der Waals surface area contributed by atoms with Gasteiger partial charge in [-0.15, -0.1) is 0 Å². The Morgan fingerprint density at radius 1 is 0.538 bits per heavy atom. The molecule has 192 valence electrons. The molecule has 5 nitrogen and oxygen atoms in total. The van der Waals surface area contributed by atoms with E-state index in [1.54, 1.807) is 7.11 Å². The van der Waals surface area contributed by atoms with Gasteiger partial charge in [0, 0.05) is 33.6 Å². The molecule has 6 rings (SSSR count). The highest BCUT2D eigenvalue weighted by Gasteiger charge is 2.12. The van der Waals surface area contributed by atoms with Gasteiger partial charge < -0.3 is 14.7 Å². The van der Waals surface area contributed by atoms with Crippen molar-refractivity contribution in [3.05, 3.63) is 126 Å². The molecule has 0 atom stereocenters. The van der Waals surface area contributed by atoms with E-state index in [1.807, 2.05) is 42.5 Å². The summed E-state index contributed by atoms with van der Waals surface area (Å²) in [6.07, 6.45) is 0.865. The van der Waals surface area contributed by atoms with Gasteiger partial charge in [0.15, 0.2) is 0 Å². The van der Waals surface area contributed by atoms with Gasteiger partial charge in [0.2, 0.25) is 0 Å². The molecule has 0 radical (unpaired) electrons. The minimum atomic E-state index is 0.834. The number of aromatic nitrogens is 4. The summed E-state index contributed by atoms with van der Waals surface area (Å²) in [6.45, 7) is 4.13. The second-order valence-electron chi connectivity index (χ2n) is 9.78. The lowest BCUT2D eigenvalue weighted by molar-refractivity contribution is 0.415. The van der Waals surface area contributed by atoms with Crippen LogP contribution in [0.2, 0.25) is 0 Å². The Morgan fingerprint density at radius 3 is 1.46 bits per heavy atom. The number of ether oxygens (including phenoxy) is 1. The number of methoxy groups -OCH3 is 1. The van der Waals surface area contributed by atoms with Crippen LogP contribution < -0.4 is 4.74 Å². The smallest absolute Gasteiger partial charge is 0.138 e. The number of nitrogens with one attached hydrogen (secondary N) is 2. The fourth-order valence-corrected chi connectivity index (χ4v) is 4.90. The van der Waals surface area contributed by atoms with Crippen LogP contribution in [0, 0.1) is 13.8 Å². The van der Waals surface area contributed by atoms with Gasteiger partial charge >= 0.3 is 0 Å². The summed E-state index contributed by atoms with van der Waals surface area (Å²) in [5.41, 5.74) is 11.0. The van der Waals surface area contributed by atoms with Crippen molar-refractivity contribution < 1.29 is 4.74 Å². The number of aryl methyl sites for hydroxylation is 2. The molecule has 5 heteroatoms. The van der Waals surface area contributed by atoms with E-state index >= 15 is 0 Å². The van der Waals surface area contributed by atoms with E-state index in [9.17, 15) is 0 Å². The van der Waals surface area contributed by atoms with Gasteiger partial charge in [-0.2, -0.15) is 0 Å². The molecule has 4 aromatic carbocycles. The van der Waals surface area contributed by atoms with Crippen LogP contribution in [0.25, 0.3) is 45.3 Å². The maximum absolute atomic E-state index is 5.27. The summed E-state index contributed by atoms with van der Waals surface area (Å²) >= 11 is 0. The summed E-state index contributed by atoms with van der Waals surface area (Å²) < 4.78 is 5.27. The lowest BCUT2D eigenvalue weighted by Crippen LogP contribution is -1.90. The molecule has 0 saturated heterocycles. The molecule has 0 bridgehead atoms. The molecule has 0 fully saturated rings. The molecular formula is C34H30N4O. The summed E-state index contributed by atoms with van der Waals surface area (Å²) in [6, 6.07) is 35.6. The third-order valence-electron chi connectivity index (χ3n) is 7.04. The molecule has 2 heterocycles. The molecule has 0 aliphatic heterocycles. The summed E-state index contributed by atoms with van der Waals surface area (Å²) in [5.74, 6) is 2.59. The van der Waals surface area contributed by atoms with Crippen LogP contribution in [0.4, 0.5) is 0 Å². The van der Waals surface area contributed by atoms with Crippen LogP contribution >= 0.6 is 0 Å². The van der Waals surface area contributed by atoms with Crippen LogP contribution in [0.15, 0.2) is 103 Å². The van der Waals surface area contributed by atoms with Gasteiger partial charge in [-0.3, -0.25) is 0 Å². The van der Waals surface area contributed by atoms with Crippen molar-refractivity contribution in [3.63, 3.8) is 0 Å². The normalized spacial score (nSPS) is 11.1. The molecule has 2 N–H and O–H groups in total. The summed E-state index contributed by atoms with van der Waals surface area (Å²) in [4.78, 5) is 16.6. The number of aromatic amines is 2. The lowest BCUT2D eigenvalue weighted by atomic mass is 10.0. The fraction of sp³-hybridized carbons (Fsp3) is 0.118. The van der Waals surface area contributed by atoms with E-state index < -0.39 is 0 Å². The standard InChI is InChI=1S/C34H30N4O/c1-22-31(26-7-5-4-6-8-26)37-33(35-22)28-15-11-25(12-16-28)21-24-9-13-27(14-10-24)32-23(2)36-34(38-32)29-17-19-30(39-3)20-18-29/h4-20H,21H2,1-3H3,(H,35,37)(H,36,38). The molecule has 2 aromatic heterocycles. The number of benzene rings is 4. The molecule has 0 saturated carbocycles. The highest BCUT2D eigenvalue weighted by molar-refractivity contribution is 5.69. The average Bonchev–Trinajstić information content (AvgIpc) is 3.57. The van der Waals surface area contributed by atoms with Gasteiger partial charge in [-0.1, -0.05) is 78.9 Å². The van der Waals surface area contributed by atoms with Crippen molar-refractivity contribution >= 4 is 0 Å². The molecule has 39 heavy (non-hydrogen) atoms. The number of imidazole rings is 2. The Hall–Kier alpha value is -4.90. The van der Waals surface area contributed by atoms with Crippen molar-refractivity contribution in [2.24, 2.45) is 0 Å². The van der Waals surface area contributed by atoms with Crippen molar-refractivity contribution in [3.8, 4) is 51.0 Å². The molecule has 0 unspecified atom stereocenters. The number of hydrogen-bond donors (Lipinski definition) is 2. The van der Waals surface area contributed by atoms with E-state index in [4.69, 9.17) is 14.7 Å². The van der Waals surface area contributed by atoms with Crippen molar-refractivity contribution in [1.82, 2.24) is 19.9 Å². The number of nitrogens with zero attached hydrogens (tertiary/aromatic N) is 2. The van der Waals surface area contributed by atoms with Gasteiger partial charge in [0.25, 0.3) is 0 Å². The maximum Gasteiger partial charge on any atom is 0.138 e. The Balaban J connectivity index is 1.15. The van der Waals surface area contributed by atoms with Crippen LogP contribution in [-0.4, -0.2) is 27.0 Å². The predicted molar refractivity (Wildman–Crippen MR) is 158 cm³/mol. The SMILES string of the molecule is COc1ccc(-c2nc(-c3ccc(Cc4ccc(-c5nc(-c6ccccc6)c(C)[nH]5)cc4)cc3)c(C)[nH]2)cc1. The number of hydrogen-bond acceptors (Lipinski definition) is 3. The Kier molecular flexibility index (Phi) is 6.55. The zero-order chi connectivity index (χ0) is 26.8. The quantitative estimate of drug-likeness (QED) is 0.229. The Morgan fingerprint density at radius 2 is 0.974 bits per heavy atom. The van der Waals surface area contributed by atoms with E-state index in [-0.39, 0.29) is 0 Å². The predicted octanol–water partition coefficient (Wildman–Crippen LogP) is 8.02. The Bertz CT molecular complexity index is 1690. The van der Waals surface area contributed by atoms with Crippen LogP contribution in [0.5, 0.6) is 5.75 Å². The highest BCUT2D eigenvalue weighted by Crippen LogP contribution is 2.28. The summed E-state index contributed by atoms with van der Waals surface area (Å²) in [5, 5.41) is 0. The van der Waals surface area contributed by atoms with E-state index in [1.165, 1.54) is 11.1 Å². The second kappa shape index (κ2) is 10.5. The third kappa shape index (κ3) is 5.12. The molecule has 0 aliphatic rings. The lowest BCUT2D eigenvalue weighted by Gasteiger charge is -2.05. The van der Waals surface area contributed by atoms with Gasteiger partial charge in [0.05, 0.1) is 18.5 Å². The van der Waals surface area contributed by atoms with Gasteiger partial charge in [-0.25, -0.2) is 9.97 Å². The monoisotopic (exact) mass is 510 g/mol. The van der Waals surface area contributed by atoms with Crippen LogP contribution in [-0.2, 0) is 6.42 Å². The first-order chi connectivity index (χ1) is 19.1. The number of rotatable bonds is 7.